The molecule has 8 nitrogen and oxygen atoms in total. The van der Waals surface area contributed by atoms with Crippen LogP contribution in [-0.2, 0) is 11.3 Å². The van der Waals surface area contributed by atoms with Crippen LogP contribution in [0.15, 0.2) is 0 Å². The van der Waals surface area contributed by atoms with E-state index >= 15 is 0 Å². The van der Waals surface area contributed by atoms with Crippen molar-refractivity contribution in [2.45, 2.75) is 39.7 Å². The molecule has 8 heteroatoms. The molecule has 0 bridgehead atoms. The first-order valence-electron chi connectivity index (χ1n) is 7.04. The van der Waals surface area contributed by atoms with Gasteiger partial charge in [0.2, 0.25) is 5.82 Å². The highest BCUT2D eigenvalue weighted by Gasteiger charge is 2.26. The van der Waals surface area contributed by atoms with E-state index in [-0.39, 0.29) is 24.0 Å². The number of hydrogen-bond donors (Lipinski definition) is 1. The second kappa shape index (κ2) is 9.06. The van der Waals surface area contributed by atoms with Crippen molar-refractivity contribution in [2.75, 3.05) is 25.6 Å². The minimum Gasteiger partial charge on any atom is -0.473 e. The van der Waals surface area contributed by atoms with Crippen molar-refractivity contribution in [1.82, 2.24) is 9.97 Å². The second-order valence-electron chi connectivity index (χ2n) is 4.46. The van der Waals surface area contributed by atoms with Gasteiger partial charge in [0.1, 0.15) is 6.61 Å². The summed E-state index contributed by atoms with van der Waals surface area (Å²) >= 11 is 0. The zero-order valence-corrected chi connectivity index (χ0v) is 12.7. The summed E-state index contributed by atoms with van der Waals surface area (Å²) in [6.45, 7) is 5.10. The van der Waals surface area contributed by atoms with Gasteiger partial charge in [0.15, 0.2) is 5.82 Å². The summed E-state index contributed by atoms with van der Waals surface area (Å²) in [5, 5.41) is 14.3. The Morgan fingerprint density at radius 3 is 2.62 bits per heavy atom. The summed E-state index contributed by atoms with van der Waals surface area (Å²) in [5.74, 6) is 0.526. The fourth-order valence-electron chi connectivity index (χ4n) is 1.64. The third-order valence-corrected chi connectivity index (χ3v) is 2.62. The molecule has 118 valence electrons. The van der Waals surface area contributed by atoms with E-state index in [1.807, 2.05) is 13.8 Å². The summed E-state index contributed by atoms with van der Waals surface area (Å²) in [6, 6.07) is 0. The molecule has 21 heavy (non-hydrogen) atoms. The van der Waals surface area contributed by atoms with Gasteiger partial charge in [-0.1, -0.05) is 20.3 Å². The molecule has 0 amide bonds. The quantitative estimate of drug-likeness (QED) is 0.402. The Morgan fingerprint density at radius 1 is 1.29 bits per heavy atom. The summed E-state index contributed by atoms with van der Waals surface area (Å²) in [7, 11) is 1.52. The van der Waals surface area contributed by atoms with Gasteiger partial charge in [-0.05, 0) is 12.8 Å². The lowest BCUT2D eigenvalue weighted by atomic mass is 10.3. The Hall–Kier alpha value is -1.96. The molecule has 1 N–H and O–H groups in total. The van der Waals surface area contributed by atoms with Crippen LogP contribution in [0.3, 0.4) is 0 Å². The minimum absolute atomic E-state index is 0.0112. The molecule has 0 aromatic carbocycles. The first-order valence-corrected chi connectivity index (χ1v) is 7.04. The zero-order chi connectivity index (χ0) is 15.7. The number of hydrogen-bond acceptors (Lipinski definition) is 7. The Morgan fingerprint density at radius 2 is 2.05 bits per heavy atom. The predicted octanol–water partition coefficient (Wildman–Crippen LogP) is 2.53. The Labute approximate surface area is 124 Å². The van der Waals surface area contributed by atoms with Crippen molar-refractivity contribution >= 4 is 11.5 Å². The number of ether oxygens (including phenoxy) is 2. The number of rotatable bonds is 10. The van der Waals surface area contributed by atoms with Gasteiger partial charge in [0.25, 0.3) is 5.88 Å². The highest BCUT2D eigenvalue weighted by Crippen LogP contribution is 2.32. The van der Waals surface area contributed by atoms with Crippen molar-refractivity contribution in [3.63, 3.8) is 0 Å². The summed E-state index contributed by atoms with van der Waals surface area (Å²) < 4.78 is 10.4. The van der Waals surface area contributed by atoms with Crippen molar-refractivity contribution < 1.29 is 14.4 Å². The van der Waals surface area contributed by atoms with Gasteiger partial charge < -0.3 is 14.8 Å². The van der Waals surface area contributed by atoms with E-state index in [1.54, 1.807) is 0 Å². The van der Waals surface area contributed by atoms with Gasteiger partial charge in [0.05, 0.1) is 11.5 Å². The Bertz CT molecular complexity index is 468. The average molecular weight is 298 g/mol. The van der Waals surface area contributed by atoms with Crippen LogP contribution in [-0.4, -0.2) is 35.2 Å². The highest BCUT2D eigenvalue weighted by atomic mass is 16.6. The number of nitrogens with one attached hydrogen (secondary N) is 1. The molecular weight excluding hydrogens is 276 g/mol. The molecule has 0 saturated heterocycles. The molecule has 1 heterocycles. The van der Waals surface area contributed by atoms with Crippen LogP contribution < -0.4 is 10.1 Å². The van der Waals surface area contributed by atoms with Crippen molar-refractivity contribution in [3.8, 4) is 5.88 Å². The third-order valence-electron chi connectivity index (χ3n) is 2.62. The summed E-state index contributed by atoms with van der Waals surface area (Å²) in [5.41, 5.74) is -0.223. The van der Waals surface area contributed by atoms with Gasteiger partial charge in [0, 0.05) is 13.7 Å². The molecule has 1 rings (SSSR count). The summed E-state index contributed by atoms with van der Waals surface area (Å²) in [4.78, 5) is 19.0. The summed E-state index contributed by atoms with van der Waals surface area (Å²) in [6.07, 6.45) is 2.61. The van der Waals surface area contributed by atoms with Crippen LogP contribution >= 0.6 is 0 Å². The zero-order valence-electron chi connectivity index (χ0n) is 12.7. The molecule has 0 saturated carbocycles. The number of nitrogens with zero attached hydrogens (tertiary/aromatic N) is 3. The van der Waals surface area contributed by atoms with E-state index in [2.05, 4.69) is 15.3 Å². The molecule has 0 radical (unpaired) electrons. The van der Waals surface area contributed by atoms with Gasteiger partial charge in [-0.25, -0.2) is 4.98 Å². The van der Waals surface area contributed by atoms with E-state index in [9.17, 15) is 10.1 Å². The van der Waals surface area contributed by atoms with Crippen molar-refractivity contribution in [3.05, 3.63) is 15.9 Å². The molecule has 0 unspecified atom stereocenters. The molecule has 0 aliphatic rings. The molecule has 1 aromatic rings. The number of unbranched alkanes of at least 4 members (excludes halogenated alkanes) is 1. The average Bonchev–Trinajstić information content (AvgIpc) is 2.45. The SMILES string of the molecule is CCCCNc1nc(COC)nc(OCCC)c1[N+](=O)[O-]. The van der Waals surface area contributed by atoms with Crippen molar-refractivity contribution in [2.24, 2.45) is 0 Å². The first kappa shape index (κ1) is 17.1. The van der Waals surface area contributed by atoms with Gasteiger partial charge >= 0.3 is 5.69 Å². The van der Waals surface area contributed by atoms with Gasteiger partial charge in [-0.2, -0.15) is 4.98 Å². The van der Waals surface area contributed by atoms with Crippen LogP contribution in [0.2, 0.25) is 0 Å². The van der Waals surface area contributed by atoms with Crippen LogP contribution in [0.25, 0.3) is 0 Å². The van der Waals surface area contributed by atoms with Crippen LogP contribution in [0, 0.1) is 10.1 Å². The topological polar surface area (TPSA) is 99.4 Å². The van der Waals surface area contributed by atoms with Crippen molar-refractivity contribution in [1.29, 1.82) is 0 Å². The van der Waals surface area contributed by atoms with Crippen LogP contribution in [0.4, 0.5) is 11.5 Å². The minimum atomic E-state index is -0.518. The fourth-order valence-corrected chi connectivity index (χ4v) is 1.64. The molecule has 0 fully saturated rings. The smallest absolute Gasteiger partial charge is 0.372 e. The predicted molar refractivity (Wildman–Crippen MR) is 78.6 cm³/mol. The Balaban J connectivity index is 3.14. The lowest BCUT2D eigenvalue weighted by molar-refractivity contribution is -0.385. The van der Waals surface area contributed by atoms with Crippen LogP contribution in [0.1, 0.15) is 38.9 Å². The van der Waals surface area contributed by atoms with E-state index in [0.29, 0.717) is 19.0 Å². The number of methoxy groups -OCH3 is 1. The third kappa shape index (κ3) is 5.14. The number of anilines is 1. The monoisotopic (exact) mass is 298 g/mol. The molecule has 0 atom stereocenters. The molecule has 0 spiro atoms. The number of nitro groups is 1. The Kier molecular flexibility index (Phi) is 7.38. The number of aromatic nitrogens is 2. The van der Waals surface area contributed by atoms with E-state index in [0.717, 1.165) is 19.3 Å². The lowest BCUT2D eigenvalue weighted by Gasteiger charge is -2.11. The van der Waals surface area contributed by atoms with E-state index in [4.69, 9.17) is 9.47 Å². The maximum Gasteiger partial charge on any atom is 0.372 e. The molecule has 0 aliphatic heterocycles. The van der Waals surface area contributed by atoms with Gasteiger partial charge in [-0.15, -0.1) is 0 Å². The molecular formula is C13H22N4O4. The fraction of sp³-hybridized carbons (Fsp3) is 0.692. The van der Waals surface area contributed by atoms with E-state index < -0.39 is 4.92 Å². The maximum absolute atomic E-state index is 11.3. The molecule has 0 aliphatic carbocycles. The molecule has 1 aromatic heterocycles. The largest absolute Gasteiger partial charge is 0.473 e. The van der Waals surface area contributed by atoms with Crippen LogP contribution in [0.5, 0.6) is 5.88 Å². The standard InChI is InChI=1S/C13H22N4O4/c1-4-6-7-14-12-11(17(18)19)13(21-8-5-2)16-10(15-12)9-20-3/h4-9H2,1-3H3,(H,14,15,16). The first-order chi connectivity index (χ1) is 10.1. The second-order valence-corrected chi connectivity index (χ2v) is 4.46. The van der Waals surface area contributed by atoms with Gasteiger partial charge in [-0.3, -0.25) is 10.1 Å². The normalized spacial score (nSPS) is 10.4. The van der Waals surface area contributed by atoms with E-state index in [1.165, 1.54) is 7.11 Å². The maximum atomic E-state index is 11.3. The highest BCUT2D eigenvalue weighted by molar-refractivity contribution is 5.61. The lowest BCUT2D eigenvalue weighted by Crippen LogP contribution is -2.12.